The largest absolute Gasteiger partial charge is 0.147 e. The molecule has 0 N–H and O–H groups in total. The molecule has 0 radical (unpaired) electrons. The zero-order valence-corrected chi connectivity index (χ0v) is 23.9. The Kier molecular flexibility index (Phi) is 11.1. The fraction of sp³-hybridized carbons (Fsp3) is 0.545. The second-order valence-corrected chi connectivity index (χ2v) is 21.2. The van der Waals surface area contributed by atoms with Crippen LogP contribution in [-0.4, -0.2) is 32.8 Å². The molecular formula is C22H38Cl2NO2SiTi. The summed E-state index contributed by atoms with van der Waals surface area (Å²) in [5.41, 5.74) is 4.16. The Morgan fingerprint density at radius 2 is 1.59 bits per heavy atom. The zero-order valence-electron chi connectivity index (χ0n) is 19.5. The molecule has 2 rings (SSSR count). The SMILES string of the molecule is COc1cc([O][Ti]([C]2=C(N(C)C)C=C(C)C2C)[SiH](C)C)cc(C(C)(C)C)c1.Cl.Cl. The molecule has 3 nitrogen and oxygen atoms in total. The third-order valence-corrected chi connectivity index (χ3v) is 15.6. The summed E-state index contributed by atoms with van der Waals surface area (Å²) in [7, 11) is 6.04. The third-order valence-electron chi connectivity index (χ3n) is 5.24. The van der Waals surface area contributed by atoms with Gasteiger partial charge in [-0.05, 0) is 0 Å². The predicted molar refractivity (Wildman–Crippen MR) is 129 cm³/mol. The summed E-state index contributed by atoms with van der Waals surface area (Å²) in [6.45, 7) is 15.2. The first-order valence-electron chi connectivity index (χ1n) is 9.80. The first kappa shape index (κ1) is 28.6. The van der Waals surface area contributed by atoms with E-state index in [0.29, 0.717) is 5.92 Å². The number of nitrogens with zero attached hydrogens (tertiary/aromatic N) is 1. The molecule has 1 aliphatic rings. The first-order valence-corrected chi connectivity index (χ1v) is 16.8. The maximum atomic E-state index is 6.87. The Hall–Kier alpha value is -0.389. The third kappa shape index (κ3) is 6.80. The summed E-state index contributed by atoms with van der Waals surface area (Å²) in [6, 6.07) is 6.42. The molecule has 0 bridgehead atoms. The van der Waals surface area contributed by atoms with E-state index in [0.717, 1.165) is 11.5 Å². The number of benzene rings is 1. The van der Waals surface area contributed by atoms with Gasteiger partial charge in [0.1, 0.15) is 0 Å². The molecule has 0 spiro atoms. The minimum Gasteiger partial charge on any atom is -0.147 e. The molecule has 0 saturated carbocycles. The van der Waals surface area contributed by atoms with Crippen LogP contribution in [0.25, 0.3) is 0 Å². The van der Waals surface area contributed by atoms with Crippen LogP contribution in [0.15, 0.2) is 39.4 Å². The van der Waals surface area contributed by atoms with E-state index in [1.807, 2.05) is 0 Å². The van der Waals surface area contributed by atoms with Gasteiger partial charge in [0.25, 0.3) is 0 Å². The Morgan fingerprint density at radius 1 is 1.03 bits per heavy atom. The first-order chi connectivity index (χ1) is 12.5. The number of rotatable bonds is 6. The molecule has 0 aliphatic heterocycles. The molecule has 0 heterocycles. The molecule has 7 heteroatoms. The van der Waals surface area contributed by atoms with Crippen molar-refractivity contribution in [3.05, 3.63) is 45.0 Å². The van der Waals surface area contributed by atoms with E-state index in [1.165, 1.54) is 16.8 Å². The van der Waals surface area contributed by atoms with Crippen LogP contribution in [0.5, 0.6) is 11.5 Å². The van der Waals surface area contributed by atoms with Gasteiger partial charge in [-0.2, -0.15) is 0 Å². The minimum absolute atomic E-state index is 0. The van der Waals surface area contributed by atoms with Crippen LogP contribution in [-0.2, 0) is 22.9 Å². The number of halogens is 2. The van der Waals surface area contributed by atoms with Gasteiger partial charge < -0.3 is 0 Å². The maximum absolute atomic E-state index is 6.87. The number of hydrogen-bond acceptors (Lipinski definition) is 3. The molecule has 0 fully saturated rings. The molecule has 0 aromatic heterocycles. The number of methoxy groups -OCH3 is 1. The molecule has 29 heavy (non-hydrogen) atoms. The number of hydrogen-bond donors (Lipinski definition) is 0. The van der Waals surface area contributed by atoms with Crippen molar-refractivity contribution in [2.24, 2.45) is 5.92 Å². The van der Waals surface area contributed by atoms with Gasteiger partial charge in [0, 0.05) is 0 Å². The maximum Gasteiger partial charge on any atom is -0.147 e. The van der Waals surface area contributed by atoms with Crippen LogP contribution >= 0.6 is 24.8 Å². The van der Waals surface area contributed by atoms with Gasteiger partial charge in [-0.1, -0.05) is 0 Å². The molecule has 1 aromatic carbocycles. The zero-order chi connectivity index (χ0) is 20.5. The average molecular weight is 495 g/mol. The van der Waals surface area contributed by atoms with E-state index in [4.69, 9.17) is 8.06 Å². The van der Waals surface area contributed by atoms with Gasteiger partial charge in [0.2, 0.25) is 0 Å². The van der Waals surface area contributed by atoms with Gasteiger partial charge >= 0.3 is 174 Å². The Bertz CT molecular complexity index is 758. The molecule has 1 aliphatic carbocycles. The molecule has 1 atom stereocenters. The number of allylic oxidation sites excluding steroid dienone is 3. The van der Waals surface area contributed by atoms with Crippen molar-refractivity contribution >= 4 is 31.5 Å². The van der Waals surface area contributed by atoms with Crippen LogP contribution in [0.1, 0.15) is 40.2 Å². The normalized spacial score (nSPS) is 16.1. The molecule has 0 saturated heterocycles. The van der Waals surface area contributed by atoms with Crippen molar-refractivity contribution < 1.29 is 25.6 Å². The fourth-order valence-electron chi connectivity index (χ4n) is 3.37. The second kappa shape index (κ2) is 11.3. The van der Waals surface area contributed by atoms with Crippen LogP contribution in [0.4, 0.5) is 0 Å². The van der Waals surface area contributed by atoms with E-state index in [2.05, 4.69) is 91.0 Å². The molecule has 165 valence electrons. The summed E-state index contributed by atoms with van der Waals surface area (Å²) in [5.74, 6) is 2.37. The minimum atomic E-state index is -1.87. The molecule has 1 unspecified atom stereocenters. The monoisotopic (exact) mass is 494 g/mol. The van der Waals surface area contributed by atoms with Gasteiger partial charge in [-0.25, -0.2) is 0 Å². The number of ether oxygens (including phenoxy) is 1. The Morgan fingerprint density at radius 3 is 2.03 bits per heavy atom. The quantitative estimate of drug-likeness (QED) is 0.445. The van der Waals surface area contributed by atoms with Gasteiger partial charge in [-0.15, -0.1) is 24.8 Å². The van der Waals surface area contributed by atoms with E-state index in [1.54, 1.807) is 11.0 Å². The predicted octanol–water partition coefficient (Wildman–Crippen LogP) is 6.10. The Labute approximate surface area is 197 Å². The smallest absolute Gasteiger partial charge is 0.147 e. The van der Waals surface area contributed by atoms with Crippen LogP contribution < -0.4 is 8.06 Å². The summed E-state index contributed by atoms with van der Waals surface area (Å²) >= 11 is -1.87. The van der Waals surface area contributed by atoms with Gasteiger partial charge in [0.15, 0.2) is 0 Å². The van der Waals surface area contributed by atoms with Crippen LogP contribution in [0.3, 0.4) is 0 Å². The van der Waals surface area contributed by atoms with Gasteiger partial charge in [0.05, 0.1) is 0 Å². The summed E-state index contributed by atoms with van der Waals surface area (Å²) in [4.78, 5) is 2.27. The molecular weight excluding hydrogens is 457 g/mol. The van der Waals surface area contributed by atoms with E-state index in [-0.39, 0.29) is 30.2 Å². The number of likely N-dealkylation sites (N-methyl/N-ethyl adjacent to an activating group) is 1. The fourth-order valence-corrected chi connectivity index (χ4v) is 13.1. The van der Waals surface area contributed by atoms with Crippen molar-refractivity contribution in [1.82, 2.24) is 4.90 Å². The standard InChI is InChI=1S/C11H16O2.C9H14N.C2H7Si.2ClH.Ti/c1-11(2,3)8-5-9(12)7-10(6-8)13-4;1-7-5-9(10(3)4)6-8(7)2;1-3-2;;;/h5-7,12H,1-4H3;5,8H,1-4H3;3H,1-2H3;2*1H;/q;;;;;+1/p-1. The van der Waals surface area contributed by atoms with E-state index < -0.39 is 24.2 Å². The summed E-state index contributed by atoms with van der Waals surface area (Å²) in [6.07, 6.45) is 2.36. The van der Waals surface area contributed by atoms with E-state index >= 15 is 0 Å². The van der Waals surface area contributed by atoms with Crippen molar-refractivity contribution in [3.63, 3.8) is 0 Å². The van der Waals surface area contributed by atoms with Crippen molar-refractivity contribution in [3.8, 4) is 11.5 Å². The van der Waals surface area contributed by atoms with Crippen LogP contribution in [0, 0.1) is 5.92 Å². The second-order valence-electron chi connectivity index (χ2n) is 9.07. The topological polar surface area (TPSA) is 21.7 Å². The Balaban J connectivity index is 0.00000392. The molecule has 1 aromatic rings. The molecule has 0 amide bonds. The van der Waals surface area contributed by atoms with Crippen molar-refractivity contribution in [2.45, 2.75) is 53.1 Å². The summed E-state index contributed by atoms with van der Waals surface area (Å²) < 4.78 is 14.0. The van der Waals surface area contributed by atoms with Crippen LogP contribution in [0.2, 0.25) is 13.1 Å². The van der Waals surface area contributed by atoms with Gasteiger partial charge in [-0.3, -0.25) is 0 Å². The van der Waals surface area contributed by atoms with Crippen molar-refractivity contribution in [2.75, 3.05) is 21.2 Å². The van der Waals surface area contributed by atoms with E-state index in [9.17, 15) is 0 Å². The average Bonchev–Trinajstić information content (AvgIpc) is 2.87. The van der Waals surface area contributed by atoms with Crippen molar-refractivity contribution in [1.29, 1.82) is 0 Å². The summed E-state index contributed by atoms with van der Waals surface area (Å²) in [5, 5.41) is 0.